The third kappa shape index (κ3) is 5.94. The molecule has 0 radical (unpaired) electrons. The molecule has 0 aliphatic carbocycles. The summed E-state index contributed by atoms with van der Waals surface area (Å²) in [7, 11) is 0. The van der Waals surface area contributed by atoms with Crippen LogP contribution in [0.3, 0.4) is 0 Å². The van der Waals surface area contributed by atoms with Crippen molar-refractivity contribution in [2.45, 2.75) is 41.2 Å². The highest BCUT2D eigenvalue weighted by atomic mass is 16.1. The second-order valence-electron chi connectivity index (χ2n) is 6.62. The van der Waals surface area contributed by atoms with Crippen molar-refractivity contribution in [2.24, 2.45) is 0 Å². The summed E-state index contributed by atoms with van der Waals surface area (Å²) in [6, 6.07) is 6.37. The minimum absolute atomic E-state index is 0.684. The van der Waals surface area contributed by atoms with Gasteiger partial charge in [-0.3, -0.25) is 9.69 Å². The van der Waals surface area contributed by atoms with Gasteiger partial charge >= 0.3 is 0 Å². The van der Waals surface area contributed by atoms with Gasteiger partial charge < -0.3 is 4.90 Å². The Morgan fingerprint density at radius 3 is 2.32 bits per heavy atom. The SMILES string of the molecule is C=C/C=C(\C(C#N)=C/C)N1CCN(Cc2cc(C=O)c(C)cc2C)CC1.CC. The zero-order valence-electron chi connectivity index (χ0n) is 18.0. The highest BCUT2D eigenvalue weighted by Crippen LogP contribution is 2.21. The summed E-state index contributed by atoms with van der Waals surface area (Å²) in [6.07, 6.45) is 6.43. The molecule has 0 saturated carbocycles. The van der Waals surface area contributed by atoms with Gasteiger partial charge in [0, 0.05) is 38.3 Å². The van der Waals surface area contributed by atoms with Crippen molar-refractivity contribution in [1.29, 1.82) is 5.26 Å². The van der Waals surface area contributed by atoms with Crippen molar-refractivity contribution in [1.82, 2.24) is 9.80 Å². The maximum atomic E-state index is 11.2. The largest absolute Gasteiger partial charge is 0.368 e. The van der Waals surface area contributed by atoms with E-state index in [2.05, 4.69) is 35.4 Å². The Hall–Kier alpha value is -2.64. The Bertz CT molecular complexity index is 776. The minimum Gasteiger partial charge on any atom is -0.368 e. The number of allylic oxidation sites excluding steroid dienone is 4. The van der Waals surface area contributed by atoms with Gasteiger partial charge in [0.25, 0.3) is 0 Å². The number of aryl methyl sites for hydroxylation is 2. The molecule has 1 aliphatic rings. The normalized spacial score (nSPS) is 15.4. The van der Waals surface area contributed by atoms with Gasteiger partial charge in [0.05, 0.1) is 11.3 Å². The van der Waals surface area contributed by atoms with Crippen molar-refractivity contribution in [2.75, 3.05) is 26.2 Å². The van der Waals surface area contributed by atoms with Gasteiger partial charge in [-0.1, -0.05) is 38.6 Å². The number of carbonyl (C=O) groups is 1. The molecule has 0 bridgehead atoms. The molecule has 0 spiro atoms. The predicted molar refractivity (Wildman–Crippen MR) is 117 cm³/mol. The van der Waals surface area contributed by atoms with Crippen molar-refractivity contribution >= 4 is 6.29 Å². The number of hydrogen-bond acceptors (Lipinski definition) is 4. The second kappa shape index (κ2) is 11.9. The average Bonchev–Trinajstić information content (AvgIpc) is 2.72. The van der Waals surface area contributed by atoms with E-state index in [1.54, 1.807) is 6.08 Å². The molecule has 1 aromatic rings. The van der Waals surface area contributed by atoms with Crippen LogP contribution in [0.2, 0.25) is 0 Å². The van der Waals surface area contributed by atoms with Gasteiger partial charge in [-0.05, 0) is 49.6 Å². The molecule has 0 amide bonds. The number of aldehydes is 1. The maximum Gasteiger partial charge on any atom is 0.150 e. The molecule has 0 unspecified atom stereocenters. The van der Waals surface area contributed by atoms with Crippen LogP contribution >= 0.6 is 0 Å². The maximum absolute atomic E-state index is 11.2. The third-order valence-corrected chi connectivity index (χ3v) is 4.92. The summed E-state index contributed by atoms with van der Waals surface area (Å²) in [6.45, 7) is 18.1. The predicted octanol–water partition coefficient (Wildman–Crippen LogP) is 4.80. The summed E-state index contributed by atoms with van der Waals surface area (Å²) < 4.78 is 0. The molecular weight excluding hydrogens is 346 g/mol. The Morgan fingerprint density at radius 2 is 1.82 bits per heavy atom. The summed E-state index contributed by atoms with van der Waals surface area (Å²) >= 11 is 0. The quantitative estimate of drug-likeness (QED) is 0.405. The van der Waals surface area contributed by atoms with Crippen LogP contribution in [-0.4, -0.2) is 42.3 Å². The number of nitrogens with zero attached hydrogens (tertiary/aromatic N) is 3. The van der Waals surface area contributed by atoms with Gasteiger partial charge in [-0.15, -0.1) is 0 Å². The van der Waals surface area contributed by atoms with E-state index in [-0.39, 0.29) is 0 Å². The zero-order chi connectivity index (χ0) is 21.1. The third-order valence-electron chi connectivity index (χ3n) is 4.92. The lowest BCUT2D eigenvalue weighted by atomic mass is 10.00. The fraction of sp³-hybridized carbons (Fsp3) is 0.417. The van der Waals surface area contributed by atoms with E-state index in [0.29, 0.717) is 5.57 Å². The number of nitriles is 1. The fourth-order valence-electron chi connectivity index (χ4n) is 3.35. The monoisotopic (exact) mass is 379 g/mol. The smallest absolute Gasteiger partial charge is 0.150 e. The molecule has 1 aromatic carbocycles. The number of carbonyl (C=O) groups excluding carboxylic acids is 1. The zero-order valence-corrected chi connectivity index (χ0v) is 18.0. The van der Waals surface area contributed by atoms with E-state index in [0.717, 1.165) is 55.8 Å². The lowest BCUT2D eigenvalue weighted by Crippen LogP contribution is -2.45. The Labute approximate surface area is 170 Å². The lowest BCUT2D eigenvalue weighted by Gasteiger charge is -2.37. The molecule has 4 heteroatoms. The molecule has 2 rings (SSSR count). The summed E-state index contributed by atoms with van der Waals surface area (Å²) in [5.41, 5.74) is 5.86. The molecule has 0 atom stereocenters. The second-order valence-corrected chi connectivity index (χ2v) is 6.62. The molecule has 1 saturated heterocycles. The van der Waals surface area contributed by atoms with Gasteiger partial charge in [0.2, 0.25) is 0 Å². The van der Waals surface area contributed by atoms with E-state index in [1.165, 1.54) is 11.1 Å². The number of hydrogen-bond donors (Lipinski definition) is 0. The summed E-state index contributed by atoms with van der Waals surface area (Å²) in [5, 5.41) is 9.34. The van der Waals surface area contributed by atoms with Crippen LogP contribution in [0.4, 0.5) is 0 Å². The van der Waals surface area contributed by atoms with Crippen LogP contribution in [0.25, 0.3) is 0 Å². The van der Waals surface area contributed by atoms with Gasteiger partial charge in [-0.25, -0.2) is 0 Å². The highest BCUT2D eigenvalue weighted by molar-refractivity contribution is 5.77. The Balaban J connectivity index is 0.00000190. The average molecular weight is 380 g/mol. The van der Waals surface area contributed by atoms with E-state index in [9.17, 15) is 10.1 Å². The molecule has 1 heterocycles. The first-order chi connectivity index (χ1) is 13.5. The molecule has 1 aliphatic heterocycles. The topological polar surface area (TPSA) is 47.3 Å². The van der Waals surface area contributed by atoms with Crippen LogP contribution in [0, 0.1) is 25.2 Å². The van der Waals surface area contributed by atoms with Crippen LogP contribution in [-0.2, 0) is 6.54 Å². The van der Waals surface area contributed by atoms with E-state index < -0.39 is 0 Å². The minimum atomic E-state index is 0.684. The molecule has 0 N–H and O–H groups in total. The lowest BCUT2D eigenvalue weighted by molar-refractivity contribution is 0.112. The van der Waals surface area contributed by atoms with Gasteiger partial charge in [0.1, 0.15) is 12.4 Å². The van der Waals surface area contributed by atoms with Crippen LogP contribution in [0.15, 0.2) is 48.2 Å². The standard InChI is InChI=1S/C22H27N3O.C2H6/c1-5-7-22(19(6-2)14-23)25-10-8-24(9-11-25)15-20-13-21(16-26)18(4)12-17(20)3;1-2/h5-7,12-13,16H,1,8-11,15H2,2-4H3;1-2H3/b19-6-,22-7+;. The molecule has 1 fully saturated rings. The first kappa shape index (κ1) is 23.4. The fourth-order valence-corrected chi connectivity index (χ4v) is 3.35. The molecule has 0 aromatic heterocycles. The summed E-state index contributed by atoms with van der Waals surface area (Å²) in [4.78, 5) is 15.9. The van der Waals surface area contributed by atoms with Gasteiger partial charge in [0.15, 0.2) is 0 Å². The first-order valence-electron chi connectivity index (χ1n) is 9.96. The van der Waals surface area contributed by atoms with Crippen molar-refractivity contribution in [3.05, 3.63) is 70.5 Å². The Kier molecular flexibility index (Phi) is 9.98. The first-order valence-corrected chi connectivity index (χ1v) is 9.96. The van der Waals surface area contributed by atoms with E-state index in [4.69, 9.17) is 0 Å². The molecule has 4 nitrogen and oxygen atoms in total. The van der Waals surface area contributed by atoms with E-state index in [1.807, 2.05) is 45.9 Å². The van der Waals surface area contributed by atoms with Gasteiger partial charge in [-0.2, -0.15) is 5.26 Å². The highest BCUT2D eigenvalue weighted by Gasteiger charge is 2.21. The Morgan fingerprint density at radius 1 is 1.18 bits per heavy atom. The van der Waals surface area contributed by atoms with Crippen LogP contribution < -0.4 is 0 Å². The molecule has 150 valence electrons. The van der Waals surface area contributed by atoms with Crippen LogP contribution in [0.1, 0.15) is 47.8 Å². The number of piperazine rings is 1. The van der Waals surface area contributed by atoms with Crippen LogP contribution in [0.5, 0.6) is 0 Å². The van der Waals surface area contributed by atoms with E-state index >= 15 is 0 Å². The molecule has 28 heavy (non-hydrogen) atoms. The molecular formula is C24H33N3O. The number of benzene rings is 1. The van der Waals surface area contributed by atoms with Crippen molar-refractivity contribution in [3.8, 4) is 6.07 Å². The number of rotatable bonds is 6. The van der Waals surface area contributed by atoms with Crippen molar-refractivity contribution < 1.29 is 4.79 Å². The summed E-state index contributed by atoms with van der Waals surface area (Å²) in [5.74, 6) is 0. The van der Waals surface area contributed by atoms with Crippen molar-refractivity contribution in [3.63, 3.8) is 0 Å².